The summed E-state index contributed by atoms with van der Waals surface area (Å²) in [6, 6.07) is 4.55. The third-order valence-electron chi connectivity index (χ3n) is 5.79. The predicted molar refractivity (Wildman–Crippen MR) is 101 cm³/mol. The lowest BCUT2D eigenvalue weighted by atomic mass is 9.75. The van der Waals surface area contributed by atoms with Gasteiger partial charge in [0.2, 0.25) is 5.76 Å². The molecular weight excluding hydrogens is 376 g/mol. The highest BCUT2D eigenvalue weighted by Crippen LogP contribution is 2.39. The molecule has 2 atom stereocenters. The van der Waals surface area contributed by atoms with E-state index >= 15 is 0 Å². The van der Waals surface area contributed by atoms with Crippen LogP contribution in [0.15, 0.2) is 41.4 Å². The maximum Gasteiger partial charge on any atom is 0.291 e. The molecule has 0 radical (unpaired) electrons. The number of hydrogen-bond acceptors (Lipinski definition) is 7. The molecule has 2 N–H and O–H groups in total. The predicted octanol–water partition coefficient (Wildman–Crippen LogP) is 1.01. The number of likely N-dealkylation sites (tertiary alicyclic amines) is 1. The highest BCUT2D eigenvalue weighted by atomic mass is 16.5. The van der Waals surface area contributed by atoms with E-state index in [4.69, 9.17) is 9.15 Å². The van der Waals surface area contributed by atoms with Crippen molar-refractivity contribution in [3.8, 4) is 0 Å². The van der Waals surface area contributed by atoms with E-state index < -0.39 is 17.2 Å². The second-order valence-corrected chi connectivity index (χ2v) is 7.93. The van der Waals surface area contributed by atoms with Gasteiger partial charge in [-0.05, 0) is 31.9 Å². The average Bonchev–Trinajstić information content (AvgIpc) is 3.25. The Balaban J connectivity index is 1.37. The van der Waals surface area contributed by atoms with Gasteiger partial charge in [0.15, 0.2) is 6.39 Å². The number of aliphatic hydroxyl groups is 1. The second-order valence-electron chi connectivity index (χ2n) is 7.93. The van der Waals surface area contributed by atoms with Crippen LogP contribution in [0.5, 0.6) is 0 Å². The topological polar surface area (TPSA) is 118 Å². The fourth-order valence-electron chi connectivity index (χ4n) is 4.11. The maximum absolute atomic E-state index is 12.4. The Labute approximate surface area is 168 Å². The zero-order chi connectivity index (χ0) is 20.5. The molecule has 4 heterocycles. The summed E-state index contributed by atoms with van der Waals surface area (Å²) in [7, 11) is 0. The van der Waals surface area contributed by atoms with E-state index in [1.54, 1.807) is 36.2 Å². The van der Waals surface area contributed by atoms with Crippen molar-refractivity contribution in [2.75, 3.05) is 19.7 Å². The standard InChI is InChI=1S/C20H24N4O5/c1-19(27)12-20(5-8-24(9-6-20)18(26)15-10-21-13-28-15)29-11-16(19)23-17(25)14-4-2-3-7-22-14/h2-4,7,10,13,16,27H,5-6,8-9,11-12H2,1H3,(H,23,25)/t16-,19-/m0/s1. The number of aromatic nitrogens is 2. The number of carbonyl (C=O) groups excluding carboxylic acids is 2. The van der Waals surface area contributed by atoms with Gasteiger partial charge in [-0.3, -0.25) is 14.6 Å². The summed E-state index contributed by atoms with van der Waals surface area (Å²) in [5.74, 6) is -0.321. The van der Waals surface area contributed by atoms with Crippen molar-refractivity contribution in [2.24, 2.45) is 0 Å². The lowest BCUT2D eigenvalue weighted by Gasteiger charge is -2.51. The van der Waals surface area contributed by atoms with Crippen LogP contribution in [0.3, 0.4) is 0 Å². The number of nitrogens with zero attached hydrogens (tertiary/aromatic N) is 3. The Morgan fingerprint density at radius 3 is 2.72 bits per heavy atom. The Kier molecular flexibility index (Phi) is 5.10. The van der Waals surface area contributed by atoms with E-state index in [9.17, 15) is 14.7 Å². The van der Waals surface area contributed by atoms with Crippen LogP contribution in [0.1, 0.15) is 47.2 Å². The van der Waals surface area contributed by atoms with Crippen molar-refractivity contribution in [3.63, 3.8) is 0 Å². The first-order chi connectivity index (χ1) is 13.9. The summed E-state index contributed by atoms with van der Waals surface area (Å²) in [6.45, 7) is 2.91. The van der Waals surface area contributed by atoms with Crippen LogP contribution in [0, 0.1) is 0 Å². The first-order valence-electron chi connectivity index (χ1n) is 9.65. The number of oxazole rings is 1. The third-order valence-corrected chi connectivity index (χ3v) is 5.79. The summed E-state index contributed by atoms with van der Waals surface area (Å²) < 4.78 is 11.2. The first-order valence-corrected chi connectivity index (χ1v) is 9.65. The van der Waals surface area contributed by atoms with Gasteiger partial charge in [-0.25, -0.2) is 4.98 Å². The normalized spacial score (nSPS) is 26.3. The van der Waals surface area contributed by atoms with E-state index in [0.29, 0.717) is 38.0 Å². The van der Waals surface area contributed by atoms with Gasteiger partial charge in [-0.2, -0.15) is 0 Å². The van der Waals surface area contributed by atoms with E-state index in [1.165, 1.54) is 12.6 Å². The molecule has 0 saturated carbocycles. The molecule has 29 heavy (non-hydrogen) atoms. The second kappa shape index (κ2) is 7.57. The van der Waals surface area contributed by atoms with Crippen molar-refractivity contribution in [3.05, 3.63) is 48.4 Å². The first kappa shape index (κ1) is 19.5. The molecule has 0 aliphatic carbocycles. The summed E-state index contributed by atoms with van der Waals surface area (Å²) in [5.41, 5.74) is -1.36. The molecular formula is C20H24N4O5. The SMILES string of the molecule is C[C@]1(O)CC2(CCN(C(=O)c3cnco3)CC2)OC[C@@H]1NC(=O)c1ccccn1. The van der Waals surface area contributed by atoms with Gasteiger partial charge in [0.1, 0.15) is 5.69 Å². The molecule has 2 saturated heterocycles. The zero-order valence-electron chi connectivity index (χ0n) is 16.2. The van der Waals surface area contributed by atoms with Gasteiger partial charge in [-0.1, -0.05) is 6.07 Å². The van der Waals surface area contributed by atoms with Gasteiger partial charge in [0, 0.05) is 25.7 Å². The monoisotopic (exact) mass is 400 g/mol. The highest BCUT2D eigenvalue weighted by Gasteiger charge is 2.50. The Morgan fingerprint density at radius 1 is 1.31 bits per heavy atom. The van der Waals surface area contributed by atoms with Gasteiger partial charge in [0.05, 0.1) is 30.0 Å². The van der Waals surface area contributed by atoms with Crippen molar-refractivity contribution >= 4 is 11.8 Å². The molecule has 2 aromatic rings. The number of pyridine rings is 1. The van der Waals surface area contributed by atoms with Gasteiger partial charge in [0.25, 0.3) is 11.8 Å². The number of amides is 2. The van der Waals surface area contributed by atoms with Crippen molar-refractivity contribution in [2.45, 2.75) is 43.4 Å². The Bertz CT molecular complexity index is 860. The van der Waals surface area contributed by atoms with Crippen molar-refractivity contribution in [1.82, 2.24) is 20.2 Å². The molecule has 2 aliphatic heterocycles. The summed E-state index contributed by atoms with van der Waals surface area (Å²) in [6.07, 6.45) is 5.77. The Hall–Kier alpha value is -2.78. The molecule has 154 valence electrons. The number of carbonyl (C=O) groups is 2. The smallest absolute Gasteiger partial charge is 0.291 e. The van der Waals surface area contributed by atoms with Gasteiger partial charge in [-0.15, -0.1) is 0 Å². The molecule has 2 aliphatic rings. The molecule has 2 amide bonds. The van der Waals surface area contributed by atoms with Crippen molar-refractivity contribution in [1.29, 1.82) is 0 Å². The molecule has 0 aromatic carbocycles. The van der Waals surface area contributed by atoms with Gasteiger partial charge < -0.3 is 24.5 Å². The quantitative estimate of drug-likeness (QED) is 0.790. The molecule has 9 heteroatoms. The summed E-state index contributed by atoms with van der Waals surface area (Å²) in [4.78, 5) is 34.3. The fourth-order valence-corrected chi connectivity index (χ4v) is 4.11. The molecule has 2 fully saturated rings. The summed E-state index contributed by atoms with van der Waals surface area (Å²) >= 11 is 0. The fraction of sp³-hybridized carbons (Fsp3) is 0.500. The maximum atomic E-state index is 12.4. The molecule has 4 rings (SSSR count). The molecule has 2 aromatic heterocycles. The average molecular weight is 400 g/mol. The number of ether oxygens (including phenoxy) is 1. The number of nitrogens with one attached hydrogen (secondary N) is 1. The minimum Gasteiger partial charge on any atom is -0.438 e. The number of hydrogen-bond donors (Lipinski definition) is 2. The van der Waals surface area contributed by atoms with Crippen LogP contribution in [0.2, 0.25) is 0 Å². The van der Waals surface area contributed by atoms with Crippen LogP contribution in [-0.2, 0) is 4.74 Å². The van der Waals surface area contributed by atoms with E-state index in [1.807, 2.05) is 0 Å². The van der Waals surface area contributed by atoms with E-state index in [-0.39, 0.29) is 24.2 Å². The number of rotatable bonds is 3. The van der Waals surface area contributed by atoms with Gasteiger partial charge >= 0.3 is 0 Å². The van der Waals surface area contributed by atoms with E-state index in [0.717, 1.165) is 0 Å². The van der Waals surface area contributed by atoms with Crippen LogP contribution in [-0.4, -0.2) is 68.7 Å². The van der Waals surface area contributed by atoms with Crippen LogP contribution >= 0.6 is 0 Å². The highest BCUT2D eigenvalue weighted by molar-refractivity contribution is 5.92. The zero-order valence-corrected chi connectivity index (χ0v) is 16.2. The van der Waals surface area contributed by atoms with E-state index in [2.05, 4.69) is 15.3 Å². The lowest BCUT2D eigenvalue weighted by molar-refractivity contribution is -0.183. The van der Waals surface area contributed by atoms with Crippen LogP contribution in [0.25, 0.3) is 0 Å². The molecule has 0 unspecified atom stereocenters. The summed E-state index contributed by atoms with van der Waals surface area (Å²) in [5, 5.41) is 13.9. The molecule has 1 spiro atoms. The molecule has 0 bridgehead atoms. The van der Waals surface area contributed by atoms with Crippen molar-refractivity contribution < 1.29 is 23.8 Å². The Morgan fingerprint density at radius 2 is 2.10 bits per heavy atom. The minimum atomic E-state index is -1.14. The lowest BCUT2D eigenvalue weighted by Crippen LogP contribution is -2.64. The molecule has 9 nitrogen and oxygen atoms in total. The third kappa shape index (κ3) is 4.01. The minimum absolute atomic E-state index is 0.194. The van der Waals surface area contributed by atoms with Crippen LogP contribution < -0.4 is 5.32 Å². The number of piperidine rings is 1. The largest absolute Gasteiger partial charge is 0.438 e. The van der Waals surface area contributed by atoms with Crippen LogP contribution in [0.4, 0.5) is 0 Å².